The second kappa shape index (κ2) is 8.16. The average molecular weight is 286 g/mol. The molecule has 18 heavy (non-hydrogen) atoms. The Morgan fingerprint density at radius 3 is 2.94 bits per heavy atom. The topological polar surface area (TPSA) is 59.1 Å². The van der Waals surface area contributed by atoms with E-state index in [2.05, 4.69) is 23.3 Å². The van der Waals surface area contributed by atoms with Gasteiger partial charge in [-0.2, -0.15) is 0 Å². The molecule has 1 rings (SSSR count). The zero-order valence-corrected chi connectivity index (χ0v) is 12.3. The van der Waals surface area contributed by atoms with E-state index in [1.54, 1.807) is 0 Å². The van der Waals surface area contributed by atoms with Gasteiger partial charge in [0.05, 0.1) is 17.0 Å². The highest BCUT2D eigenvalue weighted by Gasteiger charge is 2.12. The van der Waals surface area contributed by atoms with Gasteiger partial charge in [0.25, 0.3) is 5.91 Å². The summed E-state index contributed by atoms with van der Waals surface area (Å²) in [6.07, 6.45) is 7.44. The van der Waals surface area contributed by atoms with E-state index in [0.717, 1.165) is 12.8 Å². The lowest BCUT2D eigenvalue weighted by Crippen LogP contribution is -2.23. The SMILES string of the molecule is CC/C=C\CCNC(=O)c1cnc(S(=O)CC)s1. The number of nitrogens with zero attached hydrogens (tertiary/aromatic N) is 1. The molecule has 0 radical (unpaired) electrons. The molecule has 1 aromatic rings. The van der Waals surface area contributed by atoms with Gasteiger partial charge in [-0.3, -0.25) is 9.00 Å². The molecule has 1 heterocycles. The van der Waals surface area contributed by atoms with E-state index in [9.17, 15) is 9.00 Å². The minimum absolute atomic E-state index is 0.142. The van der Waals surface area contributed by atoms with Gasteiger partial charge >= 0.3 is 0 Å². The molecule has 0 fully saturated rings. The van der Waals surface area contributed by atoms with Crippen molar-refractivity contribution in [2.75, 3.05) is 12.3 Å². The number of amides is 1. The predicted molar refractivity (Wildman–Crippen MR) is 75.4 cm³/mol. The molecule has 0 aliphatic heterocycles. The van der Waals surface area contributed by atoms with Crippen LogP contribution in [0.25, 0.3) is 0 Å². The summed E-state index contributed by atoms with van der Waals surface area (Å²) >= 11 is 1.20. The van der Waals surface area contributed by atoms with Crippen molar-refractivity contribution in [2.45, 2.75) is 31.0 Å². The van der Waals surface area contributed by atoms with Crippen LogP contribution in [0, 0.1) is 0 Å². The third-order valence-corrected chi connectivity index (χ3v) is 4.78. The number of thiazole rings is 1. The van der Waals surface area contributed by atoms with Crippen molar-refractivity contribution in [1.82, 2.24) is 10.3 Å². The molecule has 0 spiro atoms. The molecular weight excluding hydrogens is 268 g/mol. The third-order valence-electron chi connectivity index (χ3n) is 2.16. The molecule has 0 aromatic carbocycles. The number of nitrogens with one attached hydrogen (secondary N) is 1. The van der Waals surface area contributed by atoms with E-state index < -0.39 is 10.8 Å². The molecule has 0 saturated heterocycles. The van der Waals surface area contributed by atoms with Crippen LogP contribution in [0.5, 0.6) is 0 Å². The molecule has 0 aliphatic carbocycles. The van der Waals surface area contributed by atoms with Gasteiger partial charge in [0.1, 0.15) is 4.88 Å². The van der Waals surface area contributed by atoms with Crippen molar-refractivity contribution >= 4 is 28.0 Å². The molecule has 1 amide bonds. The van der Waals surface area contributed by atoms with Crippen LogP contribution in [-0.4, -0.2) is 27.4 Å². The molecule has 0 aliphatic rings. The Balaban J connectivity index is 2.44. The van der Waals surface area contributed by atoms with Gasteiger partial charge < -0.3 is 5.32 Å². The van der Waals surface area contributed by atoms with E-state index in [1.165, 1.54) is 17.5 Å². The molecule has 1 aromatic heterocycles. The monoisotopic (exact) mass is 286 g/mol. The first-order valence-corrected chi connectivity index (χ1v) is 8.10. The number of hydrogen-bond donors (Lipinski definition) is 1. The summed E-state index contributed by atoms with van der Waals surface area (Å²) in [6.45, 7) is 4.51. The number of hydrogen-bond acceptors (Lipinski definition) is 4. The molecule has 0 saturated carbocycles. The fraction of sp³-hybridized carbons (Fsp3) is 0.500. The van der Waals surface area contributed by atoms with Crippen LogP contribution in [0.4, 0.5) is 0 Å². The quantitative estimate of drug-likeness (QED) is 0.618. The second-order valence-electron chi connectivity index (χ2n) is 3.55. The molecule has 100 valence electrons. The first kappa shape index (κ1) is 15.0. The lowest BCUT2D eigenvalue weighted by molar-refractivity contribution is 0.0958. The molecule has 1 unspecified atom stereocenters. The maximum absolute atomic E-state index is 11.7. The third kappa shape index (κ3) is 4.70. The number of aromatic nitrogens is 1. The average Bonchev–Trinajstić information content (AvgIpc) is 2.87. The standard InChI is InChI=1S/C12H18N2O2S2/c1-3-5-6-7-8-13-11(15)10-9-14-12(17-10)18(16)4-2/h5-6,9H,3-4,7-8H2,1-2H3,(H,13,15)/b6-5-. The Morgan fingerprint density at radius 1 is 1.50 bits per heavy atom. The van der Waals surface area contributed by atoms with Crippen LogP contribution < -0.4 is 5.32 Å². The fourth-order valence-corrected chi connectivity index (χ4v) is 3.21. The molecular formula is C12H18N2O2S2. The van der Waals surface area contributed by atoms with Crippen molar-refractivity contribution in [2.24, 2.45) is 0 Å². The number of carbonyl (C=O) groups excluding carboxylic acids is 1. The summed E-state index contributed by atoms with van der Waals surface area (Å²) in [6, 6.07) is 0. The largest absolute Gasteiger partial charge is 0.351 e. The Hall–Kier alpha value is -1.01. The summed E-state index contributed by atoms with van der Waals surface area (Å²) in [5.41, 5.74) is 0. The van der Waals surface area contributed by atoms with Crippen LogP contribution in [0.15, 0.2) is 22.7 Å². The molecule has 6 heteroatoms. The lowest BCUT2D eigenvalue weighted by atomic mass is 10.3. The summed E-state index contributed by atoms with van der Waals surface area (Å²) in [7, 11) is -1.08. The van der Waals surface area contributed by atoms with Gasteiger partial charge in [-0.15, -0.1) is 11.3 Å². The summed E-state index contributed by atoms with van der Waals surface area (Å²) in [5.74, 6) is 0.382. The van der Waals surface area contributed by atoms with Crippen molar-refractivity contribution in [3.8, 4) is 0 Å². The smallest absolute Gasteiger partial charge is 0.263 e. The first-order chi connectivity index (χ1) is 8.69. The van der Waals surface area contributed by atoms with Crippen LogP contribution >= 0.6 is 11.3 Å². The van der Waals surface area contributed by atoms with Crippen LogP contribution in [-0.2, 0) is 10.8 Å². The summed E-state index contributed by atoms with van der Waals surface area (Å²) < 4.78 is 12.0. The zero-order chi connectivity index (χ0) is 13.4. The lowest BCUT2D eigenvalue weighted by Gasteiger charge is -1.99. The van der Waals surface area contributed by atoms with Crippen molar-refractivity contribution in [3.05, 3.63) is 23.2 Å². The Morgan fingerprint density at radius 2 is 2.28 bits per heavy atom. The van der Waals surface area contributed by atoms with Gasteiger partial charge in [-0.1, -0.05) is 26.0 Å². The van der Waals surface area contributed by atoms with Gasteiger partial charge in [-0.25, -0.2) is 4.98 Å². The fourth-order valence-electron chi connectivity index (χ4n) is 1.23. The van der Waals surface area contributed by atoms with E-state index >= 15 is 0 Å². The Bertz CT molecular complexity index is 441. The highest BCUT2D eigenvalue weighted by Crippen LogP contribution is 2.16. The minimum atomic E-state index is -1.08. The normalized spacial score (nSPS) is 12.8. The van der Waals surface area contributed by atoms with Crippen molar-refractivity contribution in [1.29, 1.82) is 0 Å². The number of rotatable bonds is 7. The minimum Gasteiger partial charge on any atom is -0.351 e. The highest BCUT2D eigenvalue weighted by molar-refractivity contribution is 7.87. The predicted octanol–water partition coefficient (Wildman–Crippen LogP) is 2.36. The zero-order valence-electron chi connectivity index (χ0n) is 10.6. The van der Waals surface area contributed by atoms with Crippen molar-refractivity contribution < 1.29 is 9.00 Å². The Kier molecular flexibility index (Phi) is 6.82. The maximum Gasteiger partial charge on any atom is 0.263 e. The van der Waals surface area contributed by atoms with Crippen LogP contribution in [0.2, 0.25) is 0 Å². The summed E-state index contributed by atoms with van der Waals surface area (Å²) in [4.78, 5) is 16.3. The maximum atomic E-state index is 11.7. The van der Waals surface area contributed by atoms with E-state index in [-0.39, 0.29) is 5.91 Å². The first-order valence-electron chi connectivity index (χ1n) is 5.96. The van der Waals surface area contributed by atoms with Crippen LogP contribution in [0.1, 0.15) is 36.4 Å². The van der Waals surface area contributed by atoms with E-state index in [4.69, 9.17) is 0 Å². The van der Waals surface area contributed by atoms with Crippen LogP contribution in [0.3, 0.4) is 0 Å². The second-order valence-corrected chi connectivity index (χ2v) is 6.49. The van der Waals surface area contributed by atoms with E-state index in [0.29, 0.717) is 21.5 Å². The number of allylic oxidation sites excluding steroid dienone is 1. The number of carbonyl (C=O) groups is 1. The van der Waals surface area contributed by atoms with E-state index in [1.807, 2.05) is 13.0 Å². The molecule has 1 atom stereocenters. The molecule has 0 bridgehead atoms. The van der Waals surface area contributed by atoms with Crippen molar-refractivity contribution in [3.63, 3.8) is 0 Å². The molecule has 1 N–H and O–H groups in total. The van der Waals surface area contributed by atoms with Gasteiger partial charge in [0, 0.05) is 12.3 Å². The van der Waals surface area contributed by atoms with Gasteiger partial charge in [0.2, 0.25) is 0 Å². The van der Waals surface area contributed by atoms with Gasteiger partial charge in [0.15, 0.2) is 4.34 Å². The molecule has 4 nitrogen and oxygen atoms in total. The Labute approximate surface area is 114 Å². The summed E-state index contributed by atoms with van der Waals surface area (Å²) in [5, 5.41) is 2.81. The van der Waals surface area contributed by atoms with Gasteiger partial charge in [-0.05, 0) is 12.8 Å². The highest BCUT2D eigenvalue weighted by atomic mass is 32.2.